The van der Waals surface area contributed by atoms with Gasteiger partial charge >= 0.3 is 12.1 Å². The number of carboxylic acids is 1. The highest BCUT2D eigenvalue weighted by Gasteiger charge is 2.24. The zero-order valence-electron chi connectivity index (χ0n) is 14.4. The first-order chi connectivity index (χ1) is 11.3. The highest BCUT2D eigenvalue weighted by atomic mass is 16.6. The van der Waals surface area contributed by atoms with Crippen LogP contribution in [0.25, 0.3) is 0 Å². The molecule has 24 heavy (non-hydrogen) atoms. The average Bonchev–Trinajstić information content (AvgIpc) is 2.52. The summed E-state index contributed by atoms with van der Waals surface area (Å²) in [5, 5.41) is 9.23. The zero-order valence-corrected chi connectivity index (χ0v) is 14.4. The van der Waals surface area contributed by atoms with Gasteiger partial charge in [0.2, 0.25) is 6.10 Å². The second-order valence-corrected chi connectivity index (χ2v) is 6.21. The van der Waals surface area contributed by atoms with Crippen LogP contribution >= 0.6 is 0 Å². The first-order valence-electron chi connectivity index (χ1n) is 7.99. The van der Waals surface area contributed by atoms with Gasteiger partial charge in [-0.15, -0.1) is 0 Å². The van der Waals surface area contributed by atoms with Gasteiger partial charge in [0.25, 0.3) is 0 Å². The molecule has 0 aromatic heterocycles. The number of Topliss-reactive ketones (excluding diaryl/α,β-unsaturated/α-hetero) is 1. The third-order valence-corrected chi connectivity index (χ3v) is 3.46. The maximum Gasteiger partial charge on any atom is 0.410 e. The van der Waals surface area contributed by atoms with Crippen molar-refractivity contribution in [2.24, 2.45) is 5.92 Å². The highest BCUT2D eigenvalue weighted by Crippen LogP contribution is 2.09. The van der Waals surface area contributed by atoms with Crippen molar-refractivity contribution in [3.63, 3.8) is 0 Å². The summed E-state index contributed by atoms with van der Waals surface area (Å²) < 4.78 is 5.07. The van der Waals surface area contributed by atoms with Crippen LogP contribution in [0.15, 0.2) is 30.3 Å². The fourth-order valence-electron chi connectivity index (χ4n) is 2.16. The monoisotopic (exact) mass is 335 g/mol. The van der Waals surface area contributed by atoms with E-state index in [-0.39, 0.29) is 31.1 Å². The Hall–Kier alpha value is -2.37. The minimum absolute atomic E-state index is 0.0729. The van der Waals surface area contributed by atoms with Gasteiger partial charge in [-0.2, -0.15) is 0 Å². The number of ether oxygens (including phenoxy) is 1. The fraction of sp³-hybridized carbons (Fsp3) is 0.500. The van der Waals surface area contributed by atoms with Crippen molar-refractivity contribution in [1.29, 1.82) is 0 Å². The number of nitrogens with zero attached hydrogens (tertiary/aromatic N) is 1. The molecule has 0 aliphatic carbocycles. The van der Waals surface area contributed by atoms with Gasteiger partial charge in [-0.3, -0.25) is 4.79 Å². The molecule has 1 rings (SSSR count). The molecule has 6 heteroatoms. The first kappa shape index (κ1) is 19.7. The van der Waals surface area contributed by atoms with E-state index in [9.17, 15) is 19.5 Å². The molecule has 1 aromatic carbocycles. The summed E-state index contributed by atoms with van der Waals surface area (Å²) in [6, 6.07) is 8.97. The Morgan fingerprint density at radius 1 is 1.17 bits per heavy atom. The highest BCUT2D eigenvalue weighted by molar-refractivity contribution is 5.80. The molecule has 0 fully saturated rings. The minimum Gasteiger partial charge on any atom is -0.478 e. The summed E-state index contributed by atoms with van der Waals surface area (Å²) in [7, 11) is 1.49. The van der Waals surface area contributed by atoms with Crippen LogP contribution in [0.3, 0.4) is 0 Å². The van der Waals surface area contributed by atoms with E-state index in [0.717, 1.165) is 5.56 Å². The van der Waals surface area contributed by atoms with Crippen molar-refractivity contribution in [3.8, 4) is 0 Å². The molecule has 1 unspecified atom stereocenters. The number of amides is 1. The normalized spacial score (nSPS) is 11.8. The molecule has 0 radical (unpaired) electrons. The molecule has 0 saturated carbocycles. The summed E-state index contributed by atoms with van der Waals surface area (Å²) >= 11 is 0. The lowest BCUT2D eigenvalue weighted by molar-refractivity contribution is -0.147. The summed E-state index contributed by atoms with van der Waals surface area (Å²) in [5.74, 6) is -0.850. The Morgan fingerprint density at radius 3 is 2.33 bits per heavy atom. The van der Waals surface area contributed by atoms with E-state index in [1.165, 1.54) is 11.9 Å². The van der Waals surface area contributed by atoms with E-state index in [1.54, 1.807) is 24.3 Å². The van der Waals surface area contributed by atoms with E-state index in [2.05, 4.69) is 0 Å². The van der Waals surface area contributed by atoms with Crippen molar-refractivity contribution in [2.45, 2.75) is 39.2 Å². The molecule has 0 aliphatic heterocycles. The molecule has 1 aromatic rings. The van der Waals surface area contributed by atoms with E-state index in [4.69, 9.17) is 4.74 Å². The number of hydrogen-bond acceptors (Lipinski definition) is 4. The number of carbonyl (C=O) groups is 3. The lowest BCUT2D eigenvalue weighted by Crippen LogP contribution is -2.36. The largest absolute Gasteiger partial charge is 0.478 e. The Morgan fingerprint density at radius 2 is 1.79 bits per heavy atom. The Labute approximate surface area is 142 Å². The third kappa shape index (κ3) is 7.26. The van der Waals surface area contributed by atoms with E-state index < -0.39 is 18.2 Å². The maximum atomic E-state index is 12.0. The van der Waals surface area contributed by atoms with E-state index in [0.29, 0.717) is 6.42 Å². The number of benzene rings is 1. The molecule has 6 nitrogen and oxygen atoms in total. The van der Waals surface area contributed by atoms with Crippen molar-refractivity contribution < 1.29 is 24.2 Å². The van der Waals surface area contributed by atoms with Crippen molar-refractivity contribution in [3.05, 3.63) is 35.9 Å². The van der Waals surface area contributed by atoms with Crippen molar-refractivity contribution in [2.75, 3.05) is 13.6 Å². The first-order valence-corrected chi connectivity index (χ1v) is 7.99. The fourth-order valence-corrected chi connectivity index (χ4v) is 2.16. The molecule has 1 amide bonds. The summed E-state index contributed by atoms with van der Waals surface area (Å²) in [6.45, 7) is 4.12. The van der Waals surface area contributed by atoms with Gasteiger partial charge in [-0.1, -0.05) is 44.2 Å². The molecule has 0 saturated heterocycles. The van der Waals surface area contributed by atoms with Gasteiger partial charge in [-0.25, -0.2) is 9.59 Å². The van der Waals surface area contributed by atoms with Gasteiger partial charge in [0.15, 0.2) is 0 Å². The number of ketones is 1. The second kappa shape index (κ2) is 9.70. The van der Waals surface area contributed by atoms with Crippen LogP contribution in [0.5, 0.6) is 0 Å². The lowest BCUT2D eigenvalue weighted by Gasteiger charge is -2.20. The van der Waals surface area contributed by atoms with Crippen molar-refractivity contribution in [1.82, 2.24) is 4.90 Å². The summed E-state index contributed by atoms with van der Waals surface area (Å²) in [5.41, 5.74) is 0.771. The predicted molar refractivity (Wildman–Crippen MR) is 89.8 cm³/mol. The lowest BCUT2D eigenvalue weighted by atomic mass is 10.1. The predicted octanol–water partition coefficient (Wildman–Crippen LogP) is 2.76. The van der Waals surface area contributed by atoms with Gasteiger partial charge < -0.3 is 14.7 Å². The zero-order chi connectivity index (χ0) is 18.1. The van der Waals surface area contributed by atoms with Crippen LogP contribution in [0.1, 0.15) is 32.3 Å². The van der Waals surface area contributed by atoms with Gasteiger partial charge in [0.05, 0.1) is 0 Å². The van der Waals surface area contributed by atoms with Crippen molar-refractivity contribution >= 4 is 17.8 Å². The molecule has 1 N–H and O–H groups in total. The maximum absolute atomic E-state index is 12.0. The number of carbonyl (C=O) groups excluding carboxylic acids is 2. The standard InChI is InChI=1S/C18H25NO5/c1-13(2)11-15(20)9-10-19(3)18(23)24-16(17(21)22)12-14-7-5-4-6-8-14/h4-8,13,16H,9-12H2,1-3H3,(H,21,22). The molecular weight excluding hydrogens is 310 g/mol. The Bertz CT molecular complexity index is 556. The molecule has 0 aliphatic rings. The van der Waals surface area contributed by atoms with Crippen LogP contribution in [0.2, 0.25) is 0 Å². The quantitative estimate of drug-likeness (QED) is 0.750. The smallest absolute Gasteiger partial charge is 0.410 e. The minimum atomic E-state index is -1.26. The van der Waals surface area contributed by atoms with Crippen LogP contribution < -0.4 is 0 Å². The van der Waals surface area contributed by atoms with Crippen LogP contribution in [0, 0.1) is 5.92 Å². The molecule has 0 heterocycles. The molecule has 1 atom stereocenters. The molecule has 0 bridgehead atoms. The number of carboxylic acid groups (broad SMARTS) is 1. The molecular formula is C18H25NO5. The topological polar surface area (TPSA) is 83.9 Å². The van der Waals surface area contributed by atoms with Crippen LogP contribution in [0.4, 0.5) is 4.79 Å². The third-order valence-electron chi connectivity index (χ3n) is 3.46. The summed E-state index contributed by atoms with van der Waals surface area (Å²) in [6.07, 6.45) is -1.19. The number of hydrogen-bond donors (Lipinski definition) is 1. The number of rotatable bonds is 9. The van der Waals surface area contributed by atoms with Gasteiger partial charge in [0.1, 0.15) is 5.78 Å². The summed E-state index contributed by atoms with van der Waals surface area (Å²) in [4.78, 5) is 36.2. The van der Waals surface area contributed by atoms with E-state index >= 15 is 0 Å². The van der Waals surface area contributed by atoms with Crippen LogP contribution in [-0.2, 0) is 20.7 Å². The van der Waals surface area contributed by atoms with Gasteiger partial charge in [-0.05, 0) is 11.5 Å². The molecule has 0 spiro atoms. The van der Waals surface area contributed by atoms with Gasteiger partial charge in [0, 0.05) is 32.9 Å². The Kier molecular flexibility index (Phi) is 7.95. The van der Waals surface area contributed by atoms with Crippen LogP contribution in [-0.4, -0.2) is 47.5 Å². The number of aliphatic carboxylic acids is 1. The molecule has 132 valence electrons. The average molecular weight is 335 g/mol. The second-order valence-electron chi connectivity index (χ2n) is 6.21. The van der Waals surface area contributed by atoms with E-state index in [1.807, 2.05) is 19.9 Å². The Balaban J connectivity index is 2.52. The SMILES string of the molecule is CC(C)CC(=O)CCN(C)C(=O)OC(Cc1ccccc1)C(=O)O.